The van der Waals surface area contributed by atoms with Gasteiger partial charge in [-0.3, -0.25) is 62.3 Å². The highest BCUT2D eigenvalue weighted by molar-refractivity contribution is 5.91. The Bertz CT molecular complexity index is 5960. The maximum Gasteiger partial charge on any atom is 0.338 e. The summed E-state index contributed by atoms with van der Waals surface area (Å²) in [6.07, 6.45) is 2.25. The van der Waals surface area contributed by atoms with Gasteiger partial charge in [0, 0.05) is 39.6 Å². The summed E-state index contributed by atoms with van der Waals surface area (Å²) in [5.41, 5.74) is 7.55. The number of carbonyl (C=O) groups excluding carboxylic acids is 5. The number of hydrogen-bond donors (Lipinski definition) is 6. The van der Waals surface area contributed by atoms with Crippen LogP contribution in [0.2, 0.25) is 0 Å². The van der Waals surface area contributed by atoms with E-state index in [4.69, 9.17) is 29.4 Å². The van der Waals surface area contributed by atoms with E-state index in [9.17, 15) is 71.9 Å². The molecule has 12 aromatic rings. The second kappa shape index (κ2) is 41.2. The number of rotatable bonds is 25. The van der Waals surface area contributed by atoms with Gasteiger partial charge < -0.3 is 77.2 Å². The number of aromatic amines is 5. The minimum absolute atomic E-state index is 0.00162. The molecule has 0 aliphatic rings. The third-order valence-corrected chi connectivity index (χ3v) is 17.1. The van der Waals surface area contributed by atoms with Gasteiger partial charge >= 0.3 is 85.4 Å². The molecule has 0 aliphatic carbocycles. The average Bonchev–Trinajstić information content (AvgIpc) is 0.821. The topological polar surface area (TPSA) is 432 Å². The Kier molecular flexibility index (Phi) is 31.0. The van der Waals surface area contributed by atoms with Crippen molar-refractivity contribution in [1.29, 1.82) is 0 Å². The molecular weight excluding hydrogens is 1450 g/mol. The van der Waals surface area contributed by atoms with Crippen molar-refractivity contribution in [3.8, 4) is 0 Å². The van der Waals surface area contributed by atoms with Crippen LogP contribution in [0.25, 0.3) is 55.2 Å². The summed E-state index contributed by atoms with van der Waals surface area (Å²) in [5, 5.41) is 0. The van der Waals surface area contributed by atoms with Crippen molar-refractivity contribution in [2.75, 3.05) is 33.0 Å². The lowest BCUT2D eigenvalue weighted by Gasteiger charge is -2.15. The summed E-state index contributed by atoms with van der Waals surface area (Å²) in [4.78, 5) is 188. The number of benzene rings is 7. The summed E-state index contributed by atoms with van der Waals surface area (Å²) in [6.45, 7) is 12.8. The van der Waals surface area contributed by atoms with E-state index in [1.165, 1.54) is 29.8 Å². The molecule has 0 saturated carbocycles. The Morgan fingerprint density at radius 3 is 0.911 bits per heavy atom. The lowest BCUT2D eigenvalue weighted by molar-refractivity contribution is -0.148. The van der Waals surface area contributed by atoms with Crippen LogP contribution in [0.5, 0.6) is 0 Å². The number of aromatic nitrogens is 10. The van der Waals surface area contributed by atoms with Crippen LogP contribution in [0.1, 0.15) is 93.0 Å². The van der Waals surface area contributed by atoms with Crippen molar-refractivity contribution < 1.29 is 47.7 Å². The summed E-state index contributed by atoms with van der Waals surface area (Å²) >= 11 is 0. The highest BCUT2D eigenvalue weighted by Gasteiger charge is 2.20. The molecular formula is C81H87N11O20. The third-order valence-electron chi connectivity index (χ3n) is 17.1. The molecule has 0 aliphatic heterocycles. The third kappa shape index (κ3) is 23.1. The number of aryl methyl sites for hydroxylation is 6. The van der Waals surface area contributed by atoms with Gasteiger partial charge in [0.2, 0.25) is 0 Å². The van der Waals surface area contributed by atoms with Gasteiger partial charge in [-0.25, -0.2) is 9.59 Å². The van der Waals surface area contributed by atoms with Crippen molar-refractivity contribution in [2.24, 2.45) is 17.6 Å². The normalized spacial score (nSPS) is 11.1. The van der Waals surface area contributed by atoms with Crippen LogP contribution in [0, 0.1) is 18.8 Å². The van der Waals surface area contributed by atoms with E-state index >= 15 is 0 Å². The molecule has 31 heteroatoms. The van der Waals surface area contributed by atoms with Gasteiger partial charge in [-0.15, -0.1) is 0 Å². The lowest BCUT2D eigenvalue weighted by atomic mass is 10.1. The van der Waals surface area contributed by atoms with Gasteiger partial charge in [0.15, 0.2) is 0 Å². The zero-order valence-corrected chi connectivity index (χ0v) is 62.6. The van der Waals surface area contributed by atoms with Crippen LogP contribution in [0.15, 0.2) is 224 Å². The number of nitrogens with zero attached hydrogens (tertiary/aromatic N) is 5. The SMILES string of the molecule is CC(=O)OCCCn1c(=O)c(=O)[nH]c2ccccc21.CC(C)C(=O)OCCCn1c(=O)c(=O)[nH]c2ccccc21.CC(C)C(N)C(=O)OCCCn1c(=O)c(=O)[nH]c2ccccc21.Cc1ccccc1C(=O)OCCCn1c(=O)c(=O)[nH]c2ccccc21.O=C(OCCCn1c(=O)c(=O)[nH]c2ccccc21)c1ccccc1. The number of hydrogen-bond acceptors (Lipinski definition) is 21. The van der Waals surface area contributed by atoms with Crippen LogP contribution in [0.4, 0.5) is 0 Å². The Hall–Kier alpha value is -13.5. The van der Waals surface area contributed by atoms with Gasteiger partial charge in [0.05, 0.1) is 105 Å². The fourth-order valence-corrected chi connectivity index (χ4v) is 11.3. The van der Waals surface area contributed by atoms with E-state index < -0.39 is 73.6 Å². The lowest BCUT2D eigenvalue weighted by Crippen LogP contribution is -2.38. The molecule has 5 aromatic heterocycles. The molecule has 0 radical (unpaired) electrons. The largest absolute Gasteiger partial charge is 0.466 e. The molecule has 7 N–H and O–H groups in total. The first kappa shape index (κ1) is 84.2. The van der Waals surface area contributed by atoms with Crippen LogP contribution >= 0.6 is 0 Å². The number of ether oxygens (including phenoxy) is 5. The van der Waals surface area contributed by atoms with Crippen LogP contribution < -0.4 is 61.3 Å². The molecule has 7 aromatic carbocycles. The average molecular weight is 1530 g/mol. The highest BCUT2D eigenvalue weighted by atomic mass is 16.5. The van der Waals surface area contributed by atoms with E-state index in [1.54, 1.807) is 172 Å². The Morgan fingerprint density at radius 2 is 0.607 bits per heavy atom. The summed E-state index contributed by atoms with van der Waals surface area (Å²) in [7, 11) is 0. The monoisotopic (exact) mass is 1530 g/mol. The minimum atomic E-state index is -0.664. The molecule has 0 amide bonds. The number of carbonyl (C=O) groups is 5. The van der Waals surface area contributed by atoms with E-state index in [0.717, 1.165) is 5.56 Å². The minimum Gasteiger partial charge on any atom is -0.466 e. The molecule has 0 fully saturated rings. The number of para-hydroxylation sites is 10. The smallest absolute Gasteiger partial charge is 0.338 e. The number of nitrogens with one attached hydrogen (secondary N) is 5. The molecule has 0 spiro atoms. The first-order valence-corrected chi connectivity index (χ1v) is 36.0. The standard InChI is InChI=1S/C19H18N2O4.C18H16N2O4.C16H21N3O4.C15H18N2O4.C13H14N2O4/c1-13-7-2-3-8-14(13)19(24)25-12-6-11-21-16-10-5-4-9-15(16)20-17(22)18(21)23;21-16-17(22)20(15-10-5-4-9-14(15)19-16)11-6-12-24-18(23)13-7-2-1-3-8-13;1-10(2)13(17)16(22)23-9-5-8-19-12-7-4-3-6-11(12)18-14(20)15(19)21;1-10(2)15(20)21-9-5-8-17-12-7-4-3-6-11(12)16-13(18)14(17)19;1-9(16)19-8-4-7-15-11-6-3-2-5-10(11)14-12(17)13(15)18/h2-5,7-10H,6,11-12H2,1H3,(H,20,22);1-5,7-10H,6,11-12H2,(H,19,21);3-4,6-7,10,13H,5,8-9,17H2,1-2H3,(H,18,20);3-4,6-7,10H,5,8-9H2,1-2H3,(H,16,18);2-3,5-6H,4,7-8H2,1H3,(H,14,17). The van der Waals surface area contributed by atoms with Crippen LogP contribution in [-0.2, 0) is 70.8 Å². The van der Waals surface area contributed by atoms with E-state index in [-0.39, 0.29) is 69.3 Å². The molecule has 5 heterocycles. The van der Waals surface area contributed by atoms with E-state index in [2.05, 4.69) is 24.9 Å². The molecule has 112 heavy (non-hydrogen) atoms. The molecule has 12 rings (SSSR count). The first-order valence-electron chi connectivity index (χ1n) is 36.0. The van der Waals surface area contributed by atoms with Crippen LogP contribution in [0.3, 0.4) is 0 Å². The maximum absolute atomic E-state index is 12.1. The van der Waals surface area contributed by atoms with Crippen molar-refractivity contribution in [2.45, 2.75) is 112 Å². The summed E-state index contributed by atoms with van der Waals surface area (Å²) in [5.74, 6) is -2.04. The van der Waals surface area contributed by atoms with Crippen molar-refractivity contribution >= 4 is 85.0 Å². The molecule has 0 bridgehead atoms. The molecule has 0 saturated heterocycles. The predicted molar refractivity (Wildman–Crippen MR) is 422 cm³/mol. The van der Waals surface area contributed by atoms with Gasteiger partial charge in [0.25, 0.3) is 0 Å². The van der Waals surface area contributed by atoms with Crippen LogP contribution in [-0.4, -0.2) is 117 Å². The van der Waals surface area contributed by atoms with E-state index in [1.807, 2.05) is 39.0 Å². The number of nitrogens with two attached hydrogens (primary N) is 1. The first-order chi connectivity index (χ1) is 53.7. The molecule has 1 unspecified atom stereocenters. The number of fused-ring (bicyclic) bond motifs is 5. The quantitative estimate of drug-likeness (QED) is 0.0150. The summed E-state index contributed by atoms with van der Waals surface area (Å²) < 4.78 is 32.5. The Morgan fingerprint density at radius 1 is 0.339 bits per heavy atom. The van der Waals surface area contributed by atoms with Crippen molar-refractivity contribution in [3.05, 3.63) is 296 Å². The van der Waals surface area contributed by atoms with E-state index in [0.29, 0.717) is 125 Å². The van der Waals surface area contributed by atoms with Crippen molar-refractivity contribution in [3.63, 3.8) is 0 Å². The molecule has 586 valence electrons. The van der Waals surface area contributed by atoms with Gasteiger partial charge in [0.1, 0.15) is 6.04 Å². The fraction of sp³-hybridized carbons (Fsp3) is 0.296. The second-order valence-corrected chi connectivity index (χ2v) is 26.0. The van der Waals surface area contributed by atoms with Gasteiger partial charge in [-0.1, -0.05) is 125 Å². The zero-order chi connectivity index (χ0) is 81.0. The number of H-pyrrole nitrogens is 5. The Labute approximate surface area is 636 Å². The second-order valence-electron chi connectivity index (χ2n) is 26.0. The molecule has 31 nitrogen and oxygen atoms in total. The number of esters is 5. The van der Waals surface area contributed by atoms with Gasteiger partial charge in [-0.05, 0) is 129 Å². The maximum atomic E-state index is 12.1. The molecule has 1 atom stereocenters. The predicted octanol–water partition coefficient (Wildman–Crippen LogP) is 6.71. The fourth-order valence-electron chi connectivity index (χ4n) is 11.3. The highest BCUT2D eigenvalue weighted by Crippen LogP contribution is 2.15. The zero-order valence-electron chi connectivity index (χ0n) is 62.6. The Balaban J connectivity index is 0.000000176. The van der Waals surface area contributed by atoms with Gasteiger partial charge in [-0.2, -0.15) is 0 Å². The van der Waals surface area contributed by atoms with Crippen molar-refractivity contribution in [1.82, 2.24) is 47.8 Å². The summed E-state index contributed by atoms with van der Waals surface area (Å²) in [6, 6.07) is 50.7.